The molecule has 2 N–H and O–H groups in total. The second-order valence-corrected chi connectivity index (χ2v) is 6.01. The van der Waals surface area contributed by atoms with E-state index in [1.807, 2.05) is 11.3 Å². The van der Waals surface area contributed by atoms with Crippen molar-refractivity contribution in [1.29, 1.82) is 0 Å². The highest BCUT2D eigenvalue weighted by Crippen LogP contribution is 2.37. The van der Waals surface area contributed by atoms with Crippen LogP contribution >= 0.6 is 11.3 Å². The zero-order valence-corrected chi connectivity index (χ0v) is 11.4. The first-order chi connectivity index (χ1) is 8.88. The van der Waals surface area contributed by atoms with Gasteiger partial charge in [-0.1, -0.05) is 18.2 Å². The summed E-state index contributed by atoms with van der Waals surface area (Å²) < 4.78 is 0. The Morgan fingerprint density at radius 2 is 2.22 bits per heavy atom. The van der Waals surface area contributed by atoms with Crippen molar-refractivity contribution >= 4 is 11.3 Å². The third kappa shape index (κ3) is 2.23. The molecule has 1 aromatic carbocycles. The lowest BCUT2D eigenvalue weighted by Gasteiger charge is -2.25. The molecule has 1 heterocycles. The quantitative estimate of drug-likeness (QED) is 0.877. The van der Waals surface area contributed by atoms with Gasteiger partial charge in [-0.2, -0.15) is 0 Å². The fourth-order valence-corrected chi connectivity index (χ4v) is 3.72. The lowest BCUT2D eigenvalue weighted by Crippen LogP contribution is -2.13. The Kier molecular flexibility index (Phi) is 3.48. The predicted molar refractivity (Wildman–Crippen MR) is 79.1 cm³/mol. The lowest BCUT2D eigenvalue weighted by molar-refractivity contribution is 0.526. The van der Waals surface area contributed by atoms with Gasteiger partial charge in [0, 0.05) is 4.88 Å². The topological polar surface area (TPSA) is 26.0 Å². The first-order valence-corrected chi connectivity index (χ1v) is 7.63. The molecule has 0 saturated carbocycles. The summed E-state index contributed by atoms with van der Waals surface area (Å²) >= 11 is 1.82. The molecule has 0 spiro atoms. The van der Waals surface area contributed by atoms with Crippen LogP contribution < -0.4 is 5.73 Å². The minimum absolute atomic E-state index is 0.679. The summed E-state index contributed by atoms with van der Waals surface area (Å²) in [5.41, 5.74) is 10.2. The van der Waals surface area contributed by atoms with Crippen LogP contribution in [0.1, 0.15) is 36.3 Å². The Hall–Kier alpha value is -1.12. The van der Waals surface area contributed by atoms with Crippen molar-refractivity contribution in [3.8, 4) is 10.4 Å². The van der Waals surface area contributed by atoms with Crippen LogP contribution in [-0.2, 0) is 6.42 Å². The molecule has 1 aliphatic carbocycles. The van der Waals surface area contributed by atoms with E-state index in [0.717, 1.165) is 13.0 Å². The molecule has 1 aliphatic rings. The van der Waals surface area contributed by atoms with E-state index in [9.17, 15) is 0 Å². The highest BCUT2D eigenvalue weighted by Gasteiger charge is 2.20. The van der Waals surface area contributed by atoms with Gasteiger partial charge in [0.25, 0.3) is 0 Å². The molecule has 94 valence electrons. The molecular formula is C16H19NS. The van der Waals surface area contributed by atoms with Crippen LogP contribution in [0.3, 0.4) is 0 Å². The smallest absolute Gasteiger partial charge is 0.0342 e. The normalized spacial score (nSPS) is 18.6. The molecule has 18 heavy (non-hydrogen) atoms. The molecule has 1 nitrogen and oxygen atoms in total. The largest absolute Gasteiger partial charge is 0.330 e. The zero-order valence-electron chi connectivity index (χ0n) is 10.6. The van der Waals surface area contributed by atoms with Gasteiger partial charge in [0.15, 0.2) is 0 Å². The number of thiophene rings is 1. The Labute approximate surface area is 113 Å². The van der Waals surface area contributed by atoms with Crippen LogP contribution in [-0.4, -0.2) is 6.54 Å². The number of hydrogen-bond acceptors (Lipinski definition) is 2. The molecule has 0 bridgehead atoms. The Morgan fingerprint density at radius 1 is 1.28 bits per heavy atom. The van der Waals surface area contributed by atoms with Crippen molar-refractivity contribution in [2.45, 2.75) is 31.6 Å². The number of hydrogen-bond donors (Lipinski definition) is 1. The van der Waals surface area contributed by atoms with E-state index in [1.165, 1.54) is 29.7 Å². The van der Waals surface area contributed by atoms with Gasteiger partial charge in [0.05, 0.1) is 0 Å². The van der Waals surface area contributed by atoms with Crippen molar-refractivity contribution in [2.75, 3.05) is 6.54 Å². The zero-order chi connectivity index (χ0) is 12.4. The Morgan fingerprint density at radius 3 is 3.00 bits per heavy atom. The minimum atomic E-state index is 0.679. The fourth-order valence-electron chi connectivity index (χ4n) is 2.99. The van der Waals surface area contributed by atoms with Crippen LogP contribution in [0.25, 0.3) is 10.4 Å². The van der Waals surface area contributed by atoms with Gasteiger partial charge in [-0.25, -0.2) is 0 Å². The molecule has 0 fully saturated rings. The van der Waals surface area contributed by atoms with Crippen LogP contribution in [0.2, 0.25) is 0 Å². The van der Waals surface area contributed by atoms with E-state index in [1.54, 1.807) is 11.1 Å². The van der Waals surface area contributed by atoms with Crippen molar-refractivity contribution in [3.05, 3.63) is 46.8 Å². The van der Waals surface area contributed by atoms with E-state index >= 15 is 0 Å². The second kappa shape index (κ2) is 5.25. The number of aryl methyl sites for hydroxylation is 1. The van der Waals surface area contributed by atoms with E-state index in [0.29, 0.717) is 5.92 Å². The number of rotatable bonds is 3. The van der Waals surface area contributed by atoms with Gasteiger partial charge in [0.1, 0.15) is 0 Å². The third-order valence-corrected chi connectivity index (χ3v) is 4.82. The molecular weight excluding hydrogens is 238 g/mol. The first-order valence-electron chi connectivity index (χ1n) is 6.75. The van der Waals surface area contributed by atoms with Crippen LogP contribution in [0, 0.1) is 0 Å². The molecule has 2 heteroatoms. The van der Waals surface area contributed by atoms with Gasteiger partial charge in [-0.05, 0) is 72.3 Å². The molecule has 1 unspecified atom stereocenters. The number of fused-ring (bicyclic) bond motifs is 1. The summed E-state index contributed by atoms with van der Waals surface area (Å²) in [6, 6.07) is 11.3. The number of nitrogens with two attached hydrogens (primary N) is 1. The summed E-state index contributed by atoms with van der Waals surface area (Å²) in [5.74, 6) is 0.679. The van der Waals surface area contributed by atoms with Crippen LogP contribution in [0.4, 0.5) is 0 Å². The van der Waals surface area contributed by atoms with Crippen molar-refractivity contribution in [2.24, 2.45) is 5.73 Å². The fraction of sp³-hybridized carbons (Fsp3) is 0.375. The highest BCUT2D eigenvalue weighted by atomic mass is 32.1. The third-order valence-electron chi connectivity index (χ3n) is 3.91. The van der Waals surface area contributed by atoms with Gasteiger partial charge >= 0.3 is 0 Å². The molecule has 0 radical (unpaired) electrons. The summed E-state index contributed by atoms with van der Waals surface area (Å²) in [5, 5.41) is 2.14. The molecule has 0 saturated heterocycles. The summed E-state index contributed by atoms with van der Waals surface area (Å²) in [6.45, 7) is 0.799. The summed E-state index contributed by atoms with van der Waals surface area (Å²) in [6.07, 6.45) is 4.98. The summed E-state index contributed by atoms with van der Waals surface area (Å²) in [4.78, 5) is 1.37. The summed E-state index contributed by atoms with van der Waals surface area (Å²) in [7, 11) is 0. The van der Waals surface area contributed by atoms with E-state index in [-0.39, 0.29) is 0 Å². The van der Waals surface area contributed by atoms with Gasteiger partial charge in [0.2, 0.25) is 0 Å². The van der Waals surface area contributed by atoms with Crippen molar-refractivity contribution in [1.82, 2.24) is 0 Å². The highest BCUT2D eigenvalue weighted by molar-refractivity contribution is 7.13. The maximum atomic E-state index is 5.75. The average Bonchev–Trinajstić information content (AvgIpc) is 2.93. The van der Waals surface area contributed by atoms with Crippen LogP contribution in [0.15, 0.2) is 35.7 Å². The maximum absolute atomic E-state index is 5.75. The van der Waals surface area contributed by atoms with Gasteiger partial charge in [-0.3, -0.25) is 0 Å². The molecule has 3 rings (SSSR count). The monoisotopic (exact) mass is 257 g/mol. The molecule has 1 atom stereocenters. The average molecular weight is 257 g/mol. The first kappa shape index (κ1) is 11.9. The SMILES string of the molecule is NCCC1CCCc2ccc(-c3cccs3)cc21. The van der Waals surface area contributed by atoms with E-state index < -0.39 is 0 Å². The van der Waals surface area contributed by atoms with E-state index in [4.69, 9.17) is 5.73 Å². The molecule has 1 aromatic heterocycles. The molecule has 2 aromatic rings. The van der Waals surface area contributed by atoms with Crippen molar-refractivity contribution in [3.63, 3.8) is 0 Å². The van der Waals surface area contributed by atoms with Crippen LogP contribution in [0.5, 0.6) is 0 Å². The second-order valence-electron chi connectivity index (χ2n) is 5.06. The predicted octanol–water partition coefficient (Wildman–Crippen LogP) is 4.18. The van der Waals surface area contributed by atoms with Crippen molar-refractivity contribution < 1.29 is 0 Å². The van der Waals surface area contributed by atoms with Gasteiger partial charge in [-0.15, -0.1) is 11.3 Å². The molecule has 0 aliphatic heterocycles. The minimum Gasteiger partial charge on any atom is -0.330 e. The van der Waals surface area contributed by atoms with E-state index in [2.05, 4.69) is 35.7 Å². The Balaban J connectivity index is 1.99. The number of benzene rings is 1. The standard InChI is InChI=1S/C16H19NS/c17-9-8-13-4-1-3-12-6-7-14(11-15(12)13)16-5-2-10-18-16/h2,5-7,10-11,13H,1,3-4,8-9,17H2. The lowest BCUT2D eigenvalue weighted by atomic mass is 9.80. The molecule has 0 amide bonds. The maximum Gasteiger partial charge on any atom is 0.0342 e. The Bertz CT molecular complexity index is 516. The van der Waals surface area contributed by atoms with Gasteiger partial charge < -0.3 is 5.73 Å².